The predicted octanol–water partition coefficient (Wildman–Crippen LogP) is 0.0170. The van der Waals surface area contributed by atoms with Gasteiger partial charge >= 0.3 is 0 Å². The predicted molar refractivity (Wildman–Crippen MR) is 68.9 cm³/mol. The van der Waals surface area contributed by atoms with Gasteiger partial charge in [0, 0.05) is 11.8 Å². The molecule has 98 valence electrons. The highest BCUT2D eigenvalue weighted by molar-refractivity contribution is 8.15. The Kier molecular flexibility index (Phi) is 3.64. The summed E-state index contributed by atoms with van der Waals surface area (Å²) in [7, 11) is -2.97. The molecule has 2 saturated heterocycles. The Bertz CT molecular complexity index is 535. The Hall–Kier alpha value is -1.07. The minimum atomic E-state index is -2.97. The third kappa shape index (κ3) is 2.52. The van der Waals surface area contributed by atoms with Gasteiger partial charge in [-0.25, -0.2) is 8.42 Å². The highest BCUT2D eigenvalue weighted by Gasteiger charge is 2.48. The van der Waals surface area contributed by atoms with E-state index in [0.29, 0.717) is 11.7 Å². The molecule has 18 heavy (non-hydrogen) atoms. The standard InChI is InChI=1S/C10H13N3O3S2/c1-2-13-7-5-18(15,16)6-8(7)17-10(13)12-9(14)3-4-11/h7-8H,2-3,5-6H2,1H3/t7-,8-/m1/s1. The van der Waals surface area contributed by atoms with Crippen LogP contribution in [-0.2, 0) is 14.6 Å². The summed E-state index contributed by atoms with van der Waals surface area (Å²) in [5, 5.41) is 8.94. The van der Waals surface area contributed by atoms with Crippen LogP contribution in [0.5, 0.6) is 0 Å². The number of hydrogen-bond donors (Lipinski definition) is 0. The highest BCUT2D eigenvalue weighted by Crippen LogP contribution is 2.37. The molecule has 0 unspecified atom stereocenters. The van der Waals surface area contributed by atoms with E-state index in [1.165, 1.54) is 11.8 Å². The summed E-state index contributed by atoms with van der Waals surface area (Å²) in [5.74, 6) is -0.199. The van der Waals surface area contributed by atoms with Crippen molar-refractivity contribution in [2.45, 2.75) is 24.6 Å². The summed E-state index contributed by atoms with van der Waals surface area (Å²) in [4.78, 5) is 17.1. The Morgan fingerprint density at radius 3 is 2.94 bits per heavy atom. The molecular formula is C10H13N3O3S2. The molecule has 0 saturated carbocycles. The number of amidine groups is 1. The van der Waals surface area contributed by atoms with E-state index in [-0.39, 0.29) is 29.2 Å². The van der Waals surface area contributed by atoms with Crippen molar-refractivity contribution < 1.29 is 13.2 Å². The zero-order valence-corrected chi connectivity index (χ0v) is 11.5. The smallest absolute Gasteiger partial charge is 0.262 e. The molecule has 1 amide bonds. The zero-order chi connectivity index (χ0) is 13.3. The molecule has 0 aliphatic carbocycles. The molecular weight excluding hydrogens is 274 g/mol. The summed E-state index contributed by atoms with van der Waals surface area (Å²) in [5.41, 5.74) is 0. The van der Waals surface area contributed by atoms with E-state index in [9.17, 15) is 13.2 Å². The van der Waals surface area contributed by atoms with Crippen molar-refractivity contribution >= 4 is 32.7 Å². The SMILES string of the molecule is CCN1C(=NC(=O)CC#N)S[C@@H]2CS(=O)(=O)C[C@H]21. The van der Waals surface area contributed by atoms with E-state index in [1.54, 1.807) is 6.07 Å². The molecule has 2 aliphatic rings. The first-order valence-electron chi connectivity index (χ1n) is 5.59. The summed E-state index contributed by atoms with van der Waals surface area (Å²) in [6, 6.07) is 1.67. The number of fused-ring (bicyclic) bond motifs is 1. The summed E-state index contributed by atoms with van der Waals surface area (Å²) < 4.78 is 23.1. The first-order valence-corrected chi connectivity index (χ1v) is 8.29. The van der Waals surface area contributed by atoms with E-state index in [0.717, 1.165) is 0 Å². The molecule has 0 bridgehead atoms. The molecule has 2 rings (SSSR count). The summed E-state index contributed by atoms with van der Waals surface area (Å²) in [6.07, 6.45) is -0.241. The van der Waals surface area contributed by atoms with Crippen LogP contribution >= 0.6 is 11.8 Å². The number of nitrogens with zero attached hydrogens (tertiary/aromatic N) is 3. The number of sulfone groups is 1. The molecule has 2 fully saturated rings. The zero-order valence-electron chi connectivity index (χ0n) is 9.87. The van der Waals surface area contributed by atoms with E-state index in [2.05, 4.69) is 4.99 Å². The van der Waals surface area contributed by atoms with Crippen molar-refractivity contribution in [1.82, 2.24) is 4.90 Å². The lowest BCUT2D eigenvalue weighted by molar-refractivity contribution is -0.116. The van der Waals surface area contributed by atoms with Crippen LogP contribution in [0.15, 0.2) is 4.99 Å². The second-order valence-electron chi connectivity index (χ2n) is 4.21. The van der Waals surface area contributed by atoms with Gasteiger partial charge in [0.2, 0.25) is 0 Å². The first kappa shape index (κ1) is 13.4. The van der Waals surface area contributed by atoms with Gasteiger partial charge in [-0.2, -0.15) is 10.3 Å². The minimum absolute atomic E-state index is 0.0383. The molecule has 0 radical (unpaired) electrons. The van der Waals surface area contributed by atoms with Crippen LogP contribution in [0, 0.1) is 11.3 Å². The van der Waals surface area contributed by atoms with Crippen molar-refractivity contribution in [3.63, 3.8) is 0 Å². The van der Waals surface area contributed by atoms with Gasteiger partial charge in [0.15, 0.2) is 15.0 Å². The summed E-state index contributed by atoms with van der Waals surface area (Å²) in [6.45, 7) is 2.51. The number of rotatable bonds is 2. The number of carbonyl (C=O) groups is 1. The van der Waals surface area contributed by atoms with E-state index in [4.69, 9.17) is 5.26 Å². The van der Waals surface area contributed by atoms with Gasteiger partial charge < -0.3 is 4.90 Å². The number of thioether (sulfide) groups is 1. The van der Waals surface area contributed by atoms with Gasteiger partial charge in [0.25, 0.3) is 5.91 Å². The molecule has 0 aromatic heterocycles. The lowest BCUT2D eigenvalue weighted by Crippen LogP contribution is -2.37. The number of carbonyl (C=O) groups excluding carboxylic acids is 1. The van der Waals surface area contributed by atoms with Gasteiger partial charge in [-0.05, 0) is 6.92 Å². The van der Waals surface area contributed by atoms with Crippen LogP contribution < -0.4 is 0 Å². The fourth-order valence-corrected chi connectivity index (χ4v) is 6.25. The second kappa shape index (κ2) is 4.90. The van der Waals surface area contributed by atoms with Gasteiger partial charge in [0.05, 0.1) is 23.6 Å². The lowest BCUT2D eigenvalue weighted by atomic mass is 10.2. The van der Waals surface area contributed by atoms with E-state index >= 15 is 0 Å². The number of nitriles is 1. The Morgan fingerprint density at radius 2 is 2.33 bits per heavy atom. The molecule has 0 aromatic rings. The Balaban J connectivity index is 2.19. The van der Waals surface area contributed by atoms with Crippen LogP contribution in [0.4, 0.5) is 0 Å². The number of aliphatic imine (C=N–C) groups is 1. The van der Waals surface area contributed by atoms with Crippen LogP contribution in [0.25, 0.3) is 0 Å². The van der Waals surface area contributed by atoms with Gasteiger partial charge in [-0.1, -0.05) is 11.8 Å². The maximum Gasteiger partial charge on any atom is 0.262 e. The maximum absolute atomic E-state index is 11.5. The normalized spacial score (nSPS) is 31.3. The topological polar surface area (TPSA) is 90.6 Å². The molecule has 0 N–H and O–H groups in total. The second-order valence-corrected chi connectivity index (χ2v) is 7.57. The Labute approximate surface area is 110 Å². The number of hydrogen-bond acceptors (Lipinski definition) is 5. The summed E-state index contributed by atoms with van der Waals surface area (Å²) >= 11 is 1.34. The van der Waals surface area contributed by atoms with Gasteiger partial charge in [-0.15, -0.1) is 0 Å². The molecule has 2 heterocycles. The fourth-order valence-electron chi connectivity index (χ4n) is 2.22. The molecule has 2 atom stereocenters. The molecule has 0 spiro atoms. The minimum Gasteiger partial charge on any atom is -0.346 e. The largest absolute Gasteiger partial charge is 0.346 e. The van der Waals surface area contributed by atoms with Crippen LogP contribution in [0.2, 0.25) is 0 Å². The third-order valence-corrected chi connectivity index (χ3v) is 6.21. The molecule has 0 aromatic carbocycles. The molecule has 2 aliphatic heterocycles. The van der Waals surface area contributed by atoms with Crippen molar-refractivity contribution in [1.29, 1.82) is 5.26 Å². The molecule has 6 nitrogen and oxygen atoms in total. The Morgan fingerprint density at radius 1 is 1.61 bits per heavy atom. The number of amides is 1. The van der Waals surface area contributed by atoms with Crippen LogP contribution in [0.3, 0.4) is 0 Å². The van der Waals surface area contributed by atoms with E-state index < -0.39 is 15.7 Å². The molecule has 8 heteroatoms. The van der Waals surface area contributed by atoms with Gasteiger partial charge in [-0.3, -0.25) is 4.79 Å². The van der Waals surface area contributed by atoms with Crippen molar-refractivity contribution in [2.24, 2.45) is 4.99 Å². The van der Waals surface area contributed by atoms with Crippen molar-refractivity contribution in [3.8, 4) is 6.07 Å². The third-order valence-electron chi connectivity index (χ3n) is 2.97. The highest BCUT2D eigenvalue weighted by atomic mass is 32.2. The average Bonchev–Trinajstić information content (AvgIpc) is 2.69. The van der Waals surface area contributed by atoms with Gasteiger partial charge in [0.1, 0.15) is 6.42 Å². The average molecular weight is 287 g/mol. The lowest BCUT2D eigenvalue weighted by Gasteiger charge is -2.21. The van der Waals surface area contributed by atoms with Crippen molar-refractivity contribution in [3.05, 3.63) is 0 Å². The van der Waals surface area contributed by atoms with Crippen LogP contribution in [0.1, 0.15) is 13.3 Å². The maximum atomic E-state index is 11.5. The van der Waals surface area contributed by atoms with E-state index in [1.807, 2.05) is 11.8 Å². The van der Waals surface area contributed by atoms with Crippen molar-refractivity contribution in [2.75, 3.05) is 18.1 Å². The quantitative estimate of drug-likeness (QED) is 0.711. The van der Waals surface area contributed by atoms with Crippen LogP contribution in [-0.4, -0.2) is 53.7 Å². The monoisotopic (exact) mass is 287 g/mol. The fraction of sp³-hybridized carbons (Fsp3) is 0.700. The first-order chi connectivity index (χ1) is 8.46.